The van der Waals surface area contributed by atoms with Crippen molar-refractivity contribution in [3.8, 4) is 0 Å². The highest BCUT2D eigenvalue weighted by Gasteiger charge is 2.27. The van der Waals surface area contributed by atoms with Crippen LogP contribution in [0.2, 0.25) is 0 Å². The van der Waals surface area contributed by atoms with Gasteiger partial charge in [0.25, 0.3) is 0 Å². The molecule has 0 spiro atoms. The van der Waals surface area contributed by atoms with Crippen LogP contribution in [0.1, 0.15) is 38.7 Å². The van der Waals surface area contributed by atoms with E-state index in [0.29, 0.717) is 28.6 Å². The lowest BCUT2D eigenvalue weighted by atomic mass is 9.78. The van der Waals surface area contributed by atoms with E-state index >= 15 is 0 Å². The predicted octanol–water partition coefficient (Wildman–Crippen LogP) is 2.69. The number of benzene rings is 1. The van der Waals surface area contributed by atoms with E-state index in [-0.39, 0.29) is 18.1 Å². The molecule has 3 N–H and O–H groups in total. The van der Waals surface area contributed by atoms with Gasteiger partial charge in [0.2, 0.25) is 5.91 Å². The third kappa shape index (κ3) is 5.46. The van der Waals surface area contributed by atoms with E-state index in [2.05, 4.69) is 30.0 Å². The maximum absolute atomic E-state index is 13.1. The molecule has 0 aliphatic heterocycles. The first-order valence-electron chi connectivity index (χ1n) is 8.05. The van der Waals surface area contributed by atoms with E-state index in [1.165, 1.54) is 25.0 Å². The molecule has 1 aliphatic rings. The van der Waals surface area contributed by atoms with Gasteiger partial charge in [-0.1, -0.05) is 38.8 Å². The molecule has 1 saturated carbocycles. The lowest BCUT2D eigenvalue weighted by Crippen LogP contribution is -2.52. The van der Waals surface area contributed by atoms with Crippen molar-refractivity contribution >= 4 is 23.2 Å². The van der Waals surface area contributed by atoms with Crippen LogP contribution in [0, 0.1) is 17.7 Å². The molecule has 1 amide bonds. The van der Waals surface area contributed by atoms with E-state index < -0.39 is 0 Å². The number of carbonyl (C=O) groups excluding carboxylic acids is 1. The van der Waals surface area contributed by atoms with Crippen molar-refractivity contribution < 1.29 is 9.18 Å². The fourth-order valence-electron chi connectivity index (χ4n) is 2.99. The van der Waals surface area contributed by atoms with Gasteiger partial charge in [-0.15, -0.1) is 0 Å². The van der Waals surface area contributed by atoms with Gasteiger partial charge in [0.15, 0.2) is 5.11 Å². The predicted molar refractivity (Wildman–Crippen MR) is 93.1 cm³/mol. The summed E-state index contributed by atoms with van der Waals surface area (Å²) >= 11 is 5.23. The number of carbonyl (C=O) groups is 1. The molecule has 1 aromatic rings. The summed E-state index contributed by atoms with van der Waals surface area (Å²) in [7, 11) is 0. The second-order valence-corrected chi connectivity index (χ2v) is 6.74. The average molecular weight is 337 g/mol. The van der Waals surface area contributed by atoms with Gasteiger partial charge in [-0.3, -0.25) is 15.6 Å². The van der Waals surface area contributed by atoms with Crippen LogP contribution in [-0.2, 0) is 11.2 Å². The van der Waals surface area contributed by atoms with E-state index in [9.17, 15) is 9.18 Å². The highest BCUT2D eigenvalue weighted by molar-refractivity contribution is 7.80. The normalized spacial score (nSPS) is 23.9. The molecular weight excluding hydrogens is 313 g/mol. The third-order valence-electron chi connectivity index (χ3n) is 4.59. The molecule has 0 saturated heterocycles. The lowest BCUT2D eigenvalue weighted by molar-refractivity contribution is -0.121. The van der Waals surface area contributed by atoms with Crippen LogP contribution < -0.4 is 16.2 Å². The van der Waals surface area contributed by atoms with Gasteiger partial charge in [0.1, 0.15) is 5.82 Å². The van der Waals surface area contributed by atoms with Gasteiger partial charge < -0.3 is 5.32 Å². The van der Waals surface area contributed by atoms with Crippen LogP contribution in [0.25, 0.3) is 0 Å². The maximum atomic E-state index is 13.1. The van der Waals surface area contributed by atoms with Crippen LogP contribution in [-0.4, -0.2) is 17.1 Å². The smallest absolute Gasteiger partial charge is 0.242 e. The fraction of sp³-hybridized carbons (Fsp3) is 0.529. The molecule has 4 nitrogen and oxygen atoms in total. The van der Waals surface area contributed by atoms with Gasteiger partial charge in [-0.2, -0.15) is 0 Å². The molecule has 1 fully saturated rings. The second kappa shape index (κ2) is 8.24. The molecule has 23 heavy (non-hydrogen) atoms. The minimum Gasteiger partial charge on any atom is -0.358 e. The molecular formula is C17H24FN3OS. The van der Waals surface area contributed by atoms with Crippen molar-refractivity contribution in [2.24, 2.45) is 11.8 Å². The van der Waals surface area contributed by atoms with Crippen LogP contribution in [0.5, 0.6) is 0 Å². The Kier molecular flexibility index (Phi) is 6.33. The quantitative estimate of drug-likeness (QED) is 0.586. The average Bonchev–Trinajstić information content (AvgIpc) is 2.50. The summed E-state index contributed by atoms with van der Waals surface area (Å²) in [5.41, 5.74) is 5.90. The van der Waals surface area contributed by atoms with Crippen molar-refractivity contribution in [3.05, 3.63) is 35.6 Å². The summed E-state index contributed by atoms with van der Waals surface area (Å²) < 4.78 is 13.1. The summed E-state index contributed by atoms with van der Waals surface area (Å²) in [4.78, 5) is 11.9. The number of hydrogen-bond acceptors (Lipinski definition) is 2. The molecule has 1 aliphatic carbocycles. The van der Waals surface area contributed by atoms with Crippen molar-refractivity contribution in [1.82, 2.24) is 16.2 Å². The van der Waals surface area contributed by atoms with Crippen molar-refractivity contribution in [3.63, 3.8) is 0 Å². The number of nitrogens with one attached hydrogen (secondary N) is 3. The molecule has 1 aromatic carbocycles. The number of hydrazine groups is 1. The first kappa shape index (κ1) is 17.7. The highest BCUT2D eigenvalue weighted by atomic mass is 32.1. The zero-order valence-electron chi connectivity index (χ0n) is 13.6. The standard InChI is InChI=1S/C17H24FN3OS/c1-11-5-3-8-15(12(11)2)19-17(23)21-20-16(22)10-13-6-4-7-14(18)9-13/h4,6-7,9,11-12,15H,3,5,8,10H2,1-2H3,(H,20,22)(H2,19,21,23)/t11-,12-,15-/m1/s1. The Morgan fingerprint density at radius 1 is 1.30 bits per heavy atom. The van der Waals surface area contributed by atoms with Gasteiger partial charge >= 0.3 is 0 Å². The van der Waals surface area contributed by atoms with Crippen LogP contribution >= 0.6 is 12.2 Å². The Bertz CT molecular complexity index is 567. The Morgan fingerprint density at radius 2 is 2.09 bits per heavy atom. The zero-order chi connectivity index (χ0) is 16.8. The van der Waals surface area contributed by atoms with Gasteiger partial charge in [0, 0.05) is 6.04 Å². The van der Waals surface area contributed by atoms with Gasteiger partial charge in [-0.25, -0.2) is 4.39 Å². The summed E-state index contributed by atoms with van der Waals surface area (Å²) in [6.07, 6.45) is 3.64. The lowest BCUT2D eigenvalue weighted by Gasteiger charge is -2.35. The first-order valence-corrected chi connectivity index (χ1v) is 8.46. The van der Waals surface area contributed by atoms with Crippen molar-refractivity contribution in [2.45, 2.75) is 45.6 Å². The summed E-state index contributed by atoms with van der Waals surface area (Å²) in [6.45, 7) is 4.49. The summed E-state index contributed by atoms with van der Waals surface area (Å²) in [6, 6.07) is 6.33. The number of rotatable bonds is 3. The highest BCUT2D eigenvalue weighted by Crippen LogP contribution is 2.29. The van der Waals surface area contributed by atoms with Gasteiger partial charge in [0.05, 0.1) is 6.42 Å². The van der Waals surface area contributed by atoms with E-state index in [0.717, 1.165) is 6.42 Å². The largest absolute Gasteiger partial charge is 0.358 e. The zero-order valence-corrected chi connectivity index (χ0v) is 14.4. The Hall–Kier alpha value is -1.69. The topological polar surface area (TPSA) is 53.2 Å². The minimum atomic E-state index is -0.346. The molecule has 0 heterocycles. The Labute approximate surface area is 142 Å². The third-order valence-corrected chi connectivity index (χ3v) is 4.81. The number of hydrogen-bond donors (Lipinski definition) is 3. The fourth-order valence-corrected chi connectivity index (χ4v) is 3.20. The number of amides is 1. The van der Waals surface area contributed by atoms with E-state index in [1.54, 1.807) is 12.1 Å². The van der Waals surface area contributed by atoms with Crippen LogP contribution in [0.4, 0.5) is 4.39 Å². The van der Waals surface area contributed by atoms with Crippen LogP contribution in [0.15, 0.2) is 24.3 Å². The summed E-state index contributed by atoms with van der Waals surface area (Å²) in [5, 5.41) is 3.69. The van der Waals surface area contributed by atoms with E-state index in [1.807, 2.05) is 0 Å². The number of halogens is 1. The SMILES string of the molecule is C[C@@H]1[C@H](C)CCC[C@H]1NC(=S)NNC(=O)Cc1cccc(F)c1. The minimum absolute atomic E-state index is 0.101. The first-order chi connectivity index (χ1) is 11.0. The Balaban J connectivity index is 1.74. The van der Waals surface area contributed by atoms with Crippen molar-refractivity contribution in [2.75, 3.05) is 0 Å². The molecule has 0 radical (unpaired) electrons. The second-order valence-electron chi connectivity index (χ2n) is 6.33. The summed E-state index contributed by atoms with van der Waals surface area (Å²) in [5.74, 6) is 0.615. The monoisotopic (exact) mass is 337 g/mol. The molecule has 0 aromatic heterocycles. The van der Waals surface area contributed by atoms with Crippen molar-refractivity contribution in [1.29, 1.82) is 0 Å². The molecule has 6 heteroatoms. The molecule has 0 bridgehead atoms. The Morgan fingerprint density at radius 3 is 2.83 bits per heavy atom. The molecule has 2 rings (SSSR count). The molecule has 126 valence electrons. The van der Waals surface area contributed by atoms with Crippen LogP contribution in [0.3, 0.4) is 0 Å². The molecule has 3 atom stereocenters. The maximum Gasteiger partial charge on any atom is 0.242 e. The number of thiocarbonyl (C=S) groups is 1. The van der Waals surface area contributed by atoms with Gasteiger partial charge in [-0.05, 0) is 48.2 Å². The van der Waals surface area contributed by atoms with E-state index in [4.69, 9.17) is 12.2 Å². The molecule has 0 unspecified atom stereocenters.